The number of carboxylic acid groups (broad SMARTS) is 1. The maximum absolute atomic E-state index is 11.0. The van der Waals surface area contributed by atoms with Gasteiger partial charge >= 0.3 is 5.97 Å². The van der Waals surface area contributed by atoms with Crippen LogP contribution in [-0.4, -0.2) is 38.5 Å². The van der Waals surface area contributed by atoms with Crippen LogP contribution in [0.5, 0.6) is 23.0 Å². The second kappa shape index (κ2) is 8.44. The van der Waals surface area contributed by atoms with Crippen LogP contribution in [0.3, 0.4) is 0 Å². The molecule has 2 rings (SSSR count). The number of aromatic carboxylic acids is 1. The van der Waals surface area contributed by atoms with E-state index in [2.05, 4.69) is 15.9 Å². The Morgan fingerprint density at radius 1 is 1.00 bits per heavy atom. The molecule has 2 aromatic carbocycles. The average Bonchev–Trinajstić information content (AvgIpc) is 2.59. The van der Waals surface area contributed by atoms with Crippen LogP contribution in [0.2, 0.25) is 0 Å². The average molecular weight is 397 g/mol. The zero-order chi connectivity index (χ0) is 17.5. The SMILES string of the molecule is COc1ccc(OCCOc2c(Br)cc(C(=O)O)cc2OC)cc1. The molecule has 6 nitrogen and oxygen atoms in total. The Morgan fingerprint density at radius 3 is 2.21 bits per heavy atom. The first kappa shape index (κ1) is 17.9. The number of halogens is 1. The first-order valence-electron chi connectivity index (χ1n) is 7.05. The molecule has 0 atom stereocenters. The van der Waals surface area contributed by atoms with E-state index in [0.717, 1.165) is 5.75 Å². The van der Waals surface area contributed by atoms with Crippen molar-refractivity contribution in [1.29, 1.82) is 0 Å². The van der Waals surface area contributed by atoms with Crippen LogP contribution in [0.25, 0.3) is 0 Å². The molecule has 7 heteroatoms. The number of methoxy groups -OCH3 is 2. The molecule has 0 aliphatic heterocycles. The molecule has 24 heavy (non-hydrogen) atoms. The molecule has 1 N–H and O–H groups in total. The van der Waals surface area contributed by atoms with Crippen LogP contribution in [0.1, 0.15) is 10.4 Å². The Bertz CT molecular complexity index is 699. The Labute approximate surface area is 148 Å². The molecule has 128 valence electrons. The molecule has 0 radical (unpaired) electrons. The molecular weight excluding hydrogens is 380 g/mol. The van der Waals surface area contributed by atoms with Crippen LogP contribution in [0, 0.1) is 0 Å². The predicted octanol–water partition coefficient (Wildman–Crippen LogP) is 3.62. The van der Waals surface area contributed by atoms with E-state index in [1.807, 2.05) is 0 Å². The van der Waals surface area contributed by atoms with Crippen LogP contribution in [-0.2, 0) is 0 Å². The highest BCUT2D eigenvalue weighted by Crippen LogP contribution is 2.36. The summed E-state index contributed by atoms with van der Waals surface area (Å²) >= 11 is 3.30. The number of rotatable bonds is 8. The molecule has 0 fully saturated rings. The van der Waals surface area contributed by atoms with Gasteiger partial charge in [0.1, 0.15) is 24.7 Å². The van der Waals surface area contributed by atoms with Crippen molar-refractivity contribution in [2.24, 2.45) is 0 Å². The fourth-order valence-electron chi connectivity index (χ4n) is 1.96. The summed E-state index contributed by atoms with van der Waals surface area (Å²) in [5.41, 5.74) is 0.112. The summed E-state index contributed by atoms with van der Waals surface area (Å²) in [5.74, 6) is 1.19. The normalized spacial score (nSPS) is 10.1. The number of ether oxygens (including phenoxy) is 4. The number of hydrogen-bond donors (Lipinski definition) is 1. The number of carbonyl (C=O) groups is 1. The van der Waals surface area contributed by atoms with Crippen molar-refractivity contribution >= 4 is 21.9 Å². The molecule has 0 aromatic heterocycles. The van der Waals surface area contributed by atoms with Crippen molar-refractivity contribution in [2.75, 3.05) is 27.4 Å². The minimum absolute atomic E-state index is 0.112. The maximum atomic E-state index is 11.0. The van der Waals surface area contributed by atoms with E-state index in [1.54, 1.807) is 31.4 Å². The number of benzene rings is 2. The Balaban J connectivity index is 1.95. The zero-order valence-electron chi connectivity index (χ0n) is 13.2. The molecule has 0 aliphatic rings. The fraction of sp³-hybridized carbons (Fsp3) is 0.235. The second-order valence-electron chi connectivity index (χ2n) is 4.67. The lowest BCUT2D eigenvalue weighted by molar-refractivity contribution is 0.0696. The van der Waals surface area contributed by atoms with Crippen molar-refractivity contribution < 1.29 is 28.8 Å². The van der Waals surface area contributed by atoms with E-state index < -0.39 is 5.97 Å². The van der Waals surface area contributed by atoms with Gasteiger partial charge in [0.15, 0.2) is 11.5 Å². The first-order chi connectivity index (χ1) is 11.5. The van der Waals surface area contributed by atoms with Gasteiger partial charge in [0.2, 0.25) is 0 Å². The third kappa shape index (κ3) is 4.55. The van der Waals surface area contributed by atoms with E-state index in [1.165, 1.54) is 19.2 Å². The molecule has 0 amide bonds. The minimum Gasteiger partial charge on any atom is -0.497 e. The summed E-state index contributed by atoms with van der Waals surface area (Å²) in [6, 6.07) is 10.1. The maximum Gasteiger partial charge on any atom is 0.335 e. The monoisotopic (exact) mass is 396 g/mol. The lowest BCUT2D eigenvalue weighted by atomic mass is 10.2. The van der Waals surface area contributed by atoms with Crippen LogP contribution >= 0.6 is 15.9 Å². The standard InChI is InChI=1S/C17H17BrO6/c1-21-12-3-5-13(6-4-12)23-7-8-24-16-14(18)9-11(17(19)20)10-15(16)22-2/h3-6,9-10H,7-8H2,1-2H3,(H,19,20). The van der Waals surface area contributed by atoms with E-state index in [9.17, 15) is 4.79 Å². The van der Waals surface area contributed by atoms with E-state index in [4.69, 9.17) is 24.1 Å². The predicted molar refractivity (Wildman–Crippen MR) is 91.6 cm³/mol. The lowest BCUT2D eigenvalue weighted by Gasteiger charge is -2.14. The van der Waals surface area contributed by atoms with Crippen molar-refractivity contribution in [3.8, 4) is 23.0 Å². The highest BCUT2D eigenvalue weighted by atomic mass is 79.9. The van der Waals surface area contributed by atoms with Crippen molar-refractivity contribution in [1.82, 2.24) is 0 Å². The second-order valence-corrected chi connectivity index (χ2v) is 5.52. The summed E-state index contributed by atoms with van der Waals surface area (Å²) in [7, 11) is 3.05. The molecule has 0 unspecified atom stereocenters. The molecule has 0 saturated carbocycles. The highest BCUT2D eigenvalue weighted by Gasteiger charge is 2.15. The van der Waals surface area contributed by atoms with Gasteiger partial charge in [-0.3, -0.25) is 0 Å². The summed E-state index contributed by atoms with van der Waals surface area (Å²) in [4.78, 5) is 11.0. The van der Waals surface area contributed by atoms with Gasteiger partial charge in [0.05, 0.1) is 24.3 Å². The van der Waals surface area contributed by atoms with Gasteiger partial charge in [-0.2, -0.15) is 0 Å². The van der Waals surface area contributed by atoms with Crippen LogP contribution in [0.15, 0.2) is 40.9 Å². The Hall–Kier alpha value is -2.41. The van der Waals surface area contributed by atoms with E-state index in [-0.39, 0.29) is 12.2 Å². The fourth-order valence-corrected chi connectivity index (χ4v) is 2.52. The van der Waals surface area contributed by atoms with Crippen LogP contribution in [0.4, 0.5) is 0 Å². The molecule has 0 saturated heterocycles. The van der Waals surface area contributed by atoms with Crippen LogP contribution < -0.4 is 18.9 Å². The van der Waals surface area contributed by atoms with E-state index >= 15 is 0 Å². The summed E-state index contributed by atoms with van der Waals surface area (Å²) in [5, 5.41) is 9.05. The molecule has 0 aliphatic carbocycles. The molecule has 2 aromatic rings. The van der Waals surface area contributed by atoms with Gasteiger partial charge in [0, 0.05) is 0 Å². The van der Waals surface area contributed by atoms with Gasteiger partial charge in [-0.25, -0.2) is 4.79 Å². The minimum atomic E-state index is -1.04. The zero-order valence-corrected chi connectivity index (χ0v) is 14.8. The summed E-state index contributed by atoms with van der Waals surface area (Å²) in [6.07, 6.45) is 0. The van der Waals surface area contributed by atoms with Gasteiger partial charge < -0.3 is 24.1 Å². The summed E-state index contributed by atoms with van der Waals surface area (Å²) in [6.45, 7) is 0.593. The first-order valence-corrected chi connectivity index (χ1v) is 7.85. The summed E-state index contributed by atoms with van der Waals surface area (Å²) < 4.78 is 22.0. The van der Waals surface area contributed by atoms with Gasteiger partial charge in [0.25, 0.3) is 0 Å². The molecule has 0 bridgehead atoms. The Morgan fingerprint density at radius 2 is 1.62 bits per heavy atom. The molecule has 0 spiro atoms. The van der Waals surface area contributed by atoms with Crippen molar-refractivity contribution in [2.45, 2.75) is 0 Å². The van der Waals surface area contributed by atoms with Gasteiger partial charge in [-0.1, -0.05) is 0 Å². The van der Waals surface area contributed by atoms with Gasteiger partial charge in [-0.05, 0) is 52.3 Å². The van der Waals surface area contributed by atoms with Crippen molar-refractivity contribution in [3.05, 3.63) is 46.4 Å². The third-order valence-corrected chi connectivity index (χ3v) is 3.72. The Kier molecular flexibility index (Phi) is 6.31. The van der Waals surface area contributed by atoms with Gasteiger partial charge in [-0.15, -0.1) is 0 Å². The quantitative estimate of drug-likeness (QED) is 0.686. The largest absolute Gasteiger partial charge is 0.497 e. The number of hydrogen-bond acceptors (Lipinski definition) is 5. The molecular formula is C17H17BrO6. The van der Waals surface area contributed by atoms with E-state index in [0.29, 0.717) is 28.3 Å². The molecule has 0 heterocycles. The topological polar surface area (TPSA) is 74.2 Å². The number of carboxylic acids is 1. The highest BCUT2D eigenvalue weighted by molar-refractivity contribution is 9.10. The smallest absolute Gasteiger partial charge is 0.335 e. The lowest BCUT2D eigenvalue weighted by Crippen LogP contribution is -2.10. The van der Waals surface area contributed by atoms with Crippen molar-refractivity contribution in [3.63, 3.8) is 0 Å². The third-order valence-electron chi connectivity index (χ3n) is 3.13.